The van der Waals surface area contributed by atoms with E-state index in [1.165, 1.54) is 13.2 Å². The third kappa shape index (κ3) is 2.31. The first-order valence-electron chi connectivity index (χ1n) is 5.87. The van der Waals surface area contributed by atoms with Crippen LogP contribution < -0.4 is 9.64 Å². The Balaban J connectivity index is 2.50. The number of hydrogen-bond acceptors (Lipinski definition) is 5. The minimum absolute atomic E-state index is 0.138. The maximum atomic E-state index is 11.2. The van der Waals surface area contributed by atoms with Crippen molar-refractivity contribution in [3.05, 3.63) is 28.3 Å². The van der Waals surface area contributed by atoms with Crippen molar-refractivity contribution in [2.75, 3.05) is 18.6 Å². The molecule has 1 aliphatic heterocycles. The molecule has 1 fully saturated rings. The molecule has 1 atom stereocenters. The fourth-order valence-electron chi connectivity index (χ4n) is 2.40. The van der Waals surface area contributed by atoms with Gasteiger partial charge in [0.15, 0.2) is 5.75 Å². The molecular formula is C12H14N2O5. The normalized spacial score (nSPS) is 18.4. The summed E-state index contributed by atoms with van der Waals surface area (Å²) in [6.07, 6.45) is 1.19. The molecule has 0 radical (unpaired) electrons. The molecule has 0 aromatic heterocycles. The predicted octanol–water partition coefficient (Wildman–Crippen LogP) is 1.66. The van der Waals surface area contributed by atoms with Gasteiger partial charge in [-0.15, -0.1) is 0 Å². The van der Waals surface area contributed by atoms with E-state index in [0.717, 1.165) is 0 Å². The quantitative estimate of drug-likeness (QED) is 0.658. The first-order chi connectivity index (χ1) is 9.06. The SMILES string of the molecule is COc1cccc(N2CCCC2C(=O)O)c1[N+](=O)[O-]. The van der Waals surface area contributed by atoms with Gasteiger partial charge in [0.2, 0.25) is 0 Å². The number of hydrogen-bond donors (Lipinski definition) is 1. The predicted molar refractivity (Wildman–Crippen MR) is 67.7 cm³/mol. The highest BCUT2D eigenvalue weighted by atomic mass is 16.6. The van der Waals surface area contributed by atoms with Crippen LogP contribution in [0.3, 0.4) is 0 Å². The number of nitrogens with zero attached hydrogens (tertiary/aromatic N) is 2. The largest absolute Gasteiger partial charge is 0.490 e. The molecule has 7 heteroatoms. The van der Waals surface area contributed by atoms with Gasteiger partial charge in [-0.1, -0.05) is 6.07 Å². The van der Waals surface area contributed by atoms with Crippen LogP contribution in [0, 0.1) is 10.1 Å². The number of nitro groups is 1. The summed E-state index contributed by atoms with van der Waals surface area (Å²) in [6.45, 7) is 0.491. The molecular weight excluding hydrogens is 252 g/mol. The second kappa shape index (κ2) is 5.13. The number of para-hydroxylation sites is 1. The third-order valence-electron chi connectivity index (χ3n) is 3.23. The van der Waals surface area contributed by atoms with Crippen molar-refractivity contribution in [1.29, 1.82) is 0 Å². The van der Waals surface area contributed by atoms with Gasteiger partial charge in [0.1, 0.15) is 11.7 Å². The van der Waals surface area contributed by atoms with Gasteiger partial charge in [-0.2, -0.15) is 0 Å². The molecule has 7 nitrogen and oxygen atoms in total. The highest BCUT2D eigenvalue weighted by molar-refractivity contribution is 5.82. The number of anilines is 1. The van der Waals surface area contributed by atoms with E-state index in [1.807, 2.05) is 0 Å². The second-order valence-corrected chi connectivity index (χ2v) is 4.27. The molecule has 0 spiro atoms. The summed E-state index contributed by atoms with van der Waals surface area (Å²) in [7, 11) is 1.35. The standard InChI is InChI=1S/C12H14N2O5/c1-19-10-6-2-4-8(11(10)14(17)18)13-7-3-5-9(13)12(15)16/h2,4,6,9H,3,5,7H2,1H3,(H,15,16). The zero-order valence-electron chi connectivity index (χ0n) is 10.4. The third-order valence-corrected chi connectivity index (χ3v) is 3.23. The number of nitro benzene ring substituents is 1. The highest BCUT2D eigenvalue weighted by Gasteiger charge is 2.35. The molecule has 1 aromatic rings. The molecule has 0 saturated carbocycles. The summed E-state index contributed by atoms with van der Waals surface area (Å²) < 4.78 is 4.99. The second-order valence-electron chi connectivity index (χ2n) is 4.27. The maximum absolute atomic E-state index is 11.2. The number of aliphatic carboxylic acids is 1. The number of carbonyl (C=O) groups is 1. The minimum atomic E-state index is -0.963. The minimum Gasteiger partial charge on any atom is -0.490 e. The van der Waals surface area contributed by atoms with Crippen LogP contribution >= 0.6 is 0 Å². The number of carboxylic acid groups (broad SMARTS) is 1. The van der Waals surface area contributed by atoms with E-state index in [-0.39, 0.29) is 11.4 Å². The van der Waals surface area contributed by atoms with Gasteiger partial charge in [0, 0.05) is 6.54 Å². The lowest BCUT2D eigenvalue weighted by Crippen LogP contribution is -2.36. The molecule has 1 aromatic carbocycles. The molecule has 1 saturated heterocycles. The van der Waals surface area contributed by atoms with Crippen LogP contribution in [0.2, 0.25) is 0 Å². The average Bonchev–Trinajstić information content (AvgIpc) is 2.86. The zero-order chi connectivity index (χ0) is 14.0. The Kier molecular flexibility index (Phi) is 3.55. The Labute approximate surface area is 109 Å². The molecule has 19 heavy (non-hydrogen) atoms. The number of benzene rings is 1. The lowest BCUT2D eigenvalue weighted by molar-refractivity contribution is -0.385. The van der Waals surface area contributed by atoms with Crippen molar-refractivity contribution in [3.8, 4) is 5.75 Å². The van der Waals surface area contributed by atoms with E-state index < -0.39 is 16.9 Å². The Hall–Kier alpha value is -2.31. The van der Waals surface area contributed by atoms with Crippen LogP contribution in [0.25, 0.3) is 0 Å². The summed E-state index contributed by atoms with van der Waals surface area (Å²) in [5.41, 5.74) is 0.118. The molecule has 1 aliphatic rings. The van der Waals surface area contributed by atoms with Crippen molar-refractivity contribution in [2.24, 2.45) is 0 Å². The summed E-state index contributed by atoms with van der Waals surface area (Å²) in [5.74, 6) is -0.826. The first kappa shape index (κ1) is 13.1. The molecule has 2 rings (SSSR count). The summed E-state index contributed by atoms with van der Waals surface area (Å²) in [5, 5.41) is 20.3. The monoisotopic (exact) mass is 266 g/mol. The molecule has 0 amide bonds. The lowest BCUT2D eigenvalue weighted by Gasteiger charge is -2.23. The van der Waals surface area contributed by atoms with E-state index >= 15 is 0 Å². The Morgan fingerprint density at radius 2 is 2.32 bits per heavy atom. The molecule has 1 N–H and O–H groups in total. The zero-order valence-corrected chi connectivity index (χ0v) is 10.4. The van der Waals surface area contributed by atoms with Crippen LogP contribution in [0.15, 0.2) is 18.2 Å². The van der Waals surface area contributed by atoms with Crippen molar-refractivity contribution in [1.82, 2.24) is 0 Å². The van der Waals surface area contributed by atoms with Gasteiger partial charge < -0.3 is 14.7 Å². The molecule has 1 heterocycles. The topological polar surface area (TPSA) is 92.9 Å². The van der Waals surface area contributed by atoms with Crippen LogP contribution in [0.5, 0.6) is 5.75 Å². The van der Waals surface area contributed by atoms with Gasteiger partial charge in [-0.3, -0.25) is 10.1 Å². The van der Waals surface area contributed by atoms with Gasteiger partial charge in [-0.25, -0.2) is 4.79 Å². The summed E-state index contributed by atoms with van der Waals surface area (Å²) >= 11 is 0. The van der Waals surface area contributed by atoms with E-state index in [2.05, 4.69) is 0 Å². The summed E-state index contributed by atoms with van der Waals surface area (Å²) in [4.78, 5) is 23.4. The Morgan fingerprint density at radius 1 is 1.58 bits per heavy atom. The van der Waals surface area contributed by atoms with E-state index in [1.54, 1.807) is 17.0 Å². The number of methoxy groups -OCH3 is 1. The fourth-order valence-corrected chi connectivity index (χ4v) is 2.40. The smallest absolute Gasteiger partial charge is 0.333 e. The van der Waals surface area contributed by atoms with E-state index in [4.69, 9.17) is 9.84 Å². The first-order valence-corrected chi connectivity index (χ1v) is 5.87. The van der Waals surface area contributed by atoms with Gasteiger partial charge in [0.25, 0.3) is 0 Å². The molecule has 0 aliphatic carbocycles. The van der Waals surface area contributed by atoms with Crippen molar-refractivity contribution in [2.45, 2.75) is 18.9 Å². The Morgan fingerprint density at radius 3 is 2.89 bits per heavy atom. The van der Waals surface area contributed by atoms with Crippen molar-refractivity contribution >= 4 is 17.3 Å². The molecule has 102 valence electrons. The molecule has 0 bridgehead atoms. The number of carboxylic acids is 1. The van der Waals surface area contributed by atoms with Crippen molar-refractivity contribution in [3.63, 3.8) is 0 Å². The van der Waals surface area contributed by atoms with Crippen molar-refractivity contribution < 1.29 is 19.6 Å². The average molecular weight is 266 g/mol. The van der Waals surface area contributed by atoms with Gasteiger partial charge >= 0.3 is 11.7 Å². The summed E-state index contributed by atoms with van der Waals surface area (Å²) in [6, 6.07) is 3.96. The fraction of sp³-hybridized carbons (Fsp3) is 0.417. The highest BCUT2D eigenvalue weighted by Crippen LogP contribution is 2.39. The number of ether oxygens (including phenoxy) is 1. The van der Waals surface area contributed by atoms with Crippen LogP contribution in [-0.4, -0.2) is 35.7 Å². The molecule has 1 unspecified atom stereocenters. The number of rotatable bonds is 4. The van der Waals surface area contributed by atoms with E-state index in [9.17, 15) is 14.9 Å². The van der Waals surface area contributed by atoms with E-state index in [0.29, 0.717) is 25.1 Å². The maximum Gasteiger partial charge on any atom is 0.333 e. The van der Waals surface area contributed by atoms with Crippen LogP contribution in [0.4, 0.5) is 11.4 Å². The van der Waals surface area contributed by atoms with Gasteiger partial charge in [0.05, 0.1) is 12.0 Å². The lowest BCUT2D eigenvalue weighted by atomic mass is 10.2. The van der Waals surface area contributed by atoms with Gasteiger partial charge in [-0.05, 0) is 25.0 Å². The Bertz CT molecular complexity index is 517. The van der Waals surface area contributed by atoms with Crippen LogP contribution in [-0.2, 0) is 4.79 Å². The van der Waals surface area contributed by atoms with Crippen LogP contribution in [0.1, 0.15) is 12.8 Å².